The van der Waals surface area contributed by atoms with E-state index in [9.17, 15) is 9.59 Å². The van der Waals surface area contributed by atoms with Gasteiger partial charge < -0.3 is 5.11 Å². The summed E-state index contributed by atoms with van der Waals surface area (Å²) in [5, 5.41) is 17.6. The molecule has 0 radical (unpaired) electrons. The molecule has 6 nitrogen and oxygen atoms in total. The average Bonchev–Trinajstić information content (AvgIpc) is 2.13. The summed E-state index contributed by atoms with van der Waals surface area (Å²) in [4.78, 5) is 23.0. The molecule has 1 heterocycles. The third kappa shape index (κ3) is 0.886. The van der Waals surface area contributed by atoms with Crippen LogP contribution in [0.5, 0.6) is 0 Å². The predicted octanol–water partition coefficient (Wildman–Crippen LogP) is -0.632. The standard InChI is InChI=1S/C6H10N2O4/c1-6(2)4(10)8(12)5(11)7(6)3-9/h9,12H,3H2,1-2H3. The fourth-order valence-corrected chi connectivity index (χ4v) is 1.05. The molecule has 0 bridgehead atoms. The molecular formula is C6H10N2O4. The van der Waals surface area contributed by atoms with Crippen molar-refractivity contribution >= 4 is 11.9 Å². The summed E-state index contributed by atoms with van der Waals surface area (Å²) < 4.78 is 0. The van der Waals surface area contributed by atoms with Crippen molar-refractivity contribution in [1.29, 1.82) is 0 Å². The zero-order valence-electron chi connectivity index (χ0n) is 6.81. The Morgan fingerprint density at radius 1 is 1.42 bits per heavy atom. The first-order valence-corrected chi connectivity index (χ1v) is 3.39. The van der Waals surface area contributed by atoms with Crippen LogP contribution >= 0.6 is 0 Å². The maximum Gasteiger partial charge on any atom is 0.353 e. The summed E-state index contributed by atoms with van der Waals surface area (Å²) in [6.07, 6.45) is 0. The van der Waals surface area contributed by atoms with Crippen LogP contribution in [0.2, 0.25) is 0 Å². The largest absolute Gasteiger partial charge is 0.376 e. The highest BCUT2D eigenvalue weighted by atomic mass is 16.5. The van der Waals surface area contributed by atoms with Gasteiger partial charge in [0.25, 0.3) is 5.91 Å². The zero-order valence-corrected chi connectivity index (χ0v) is 6.81. The first-order valence-electron chi connectivity index (χ1n) is 3.39. The summed E-state index contributed by atoms with van der Waals surface area (Å²) in [5.74, 6) is -0.735. The number of hydroxylamine groups is 2. The highest BCUT2D eigenvalue weighted by Gasteiger charge is 2.50. The number of carbonyl (C=O) groups excluding carboxylic acids is 2. The molecule has 1 aliphatic rings. The number of hydrogen-bond acceptors (Lipinski definition) is 4. The second-order valence-electron chi connectivity index (χ2n) is 3.03. The van der Waals surface area contributed by atoms with Gasteiger partial charge in [-0.05, 0) is 13.8 Å². The van der Waals surface area contributed by atoms with Gasteiger partial charge in [-0.1, -0.05) is 0 Å². The molecule has 1 rings (SSSR count). The minimum absolute atomic E-state index is 0.0101. The third-order valence-corrected chi connectivity index (χ3v) is 1.94. The maximum absolute atomic E-state index is 11.1. The van der Waals surface area contributed by atoms with E-state index in [0.717, 1.165) is 4.90 Å². The highest BCUT2D eigenvalue weighted by Crippen LogP contribution is 2.24. The van der Waals surface area contributed by atoms with Crippen molar-refractivity contribution in [3.05, 3.63) is 0 Å². The van der Waals surface area contributed by atoms with E-state index in [1.54, 1.807) is 0 Å². The van der Waals surface area contributed by atoms with E-state index in [1.807, 2.05) is 0 Å². The van der Waals surface area contributed by atoms with Gasteiger partial charge in [-0.2, -0.15) is 0 Å². The number of nitrogens with zero attached hydrogens (tertiary/aromatic N) is 2. The number of aliphatic hydroxyl groups is 1. The van der Waals surface area contributed by atoms with Gasteiger partial charge >= 0.3 is 6.03 Å². The number of aliphatic hydroxyl groups excluding tert-OH is 1. The molecule has 0 aliphatic carbocycles. The van der Waals surface area contributed by atoms with Crippen LogP contribution < -0.4 is 0 Å². The predicted molar refractivity (Wildman–Crippen MR) is 37.0 cm³/mol. The minimum atomic E-state index is -1.17. The van der Waals surface area contributed by atoms with Crippen molar-refractivity contribution in [1.82, 2.24) is 9.96 Å². The fraction of sp³-hybridized carbons (Fsp3) is 0.667. The van der Waals surface area contributed by atoms with Gasteiger partial charge in [-0.25, -0.2) is 4.79 Å². The van der Waals surface area contributed by atoms with E-state index < -0.39 is 24.2 Å². The van der Waals surface area contributed by atoms with E-state index >= 15 is 0 Å². The van der Waals surface area contributed by atoms with Crippen LogP contribution in [0.15, 0.2) is 0 Å². The average molecular weight is 174 g/mol. The van der Waals surface area contributed by atoms with Gasteiger partial charge in [0.05, 0.1) is 0 Å². The minimum Gasteiger partial charge on any atom is -0.376 e. The lowest BCUT2D eigenvalue weighted by Gasteiger charge is -2.24. The molecule has 0 aromatic carbocycles. The van der Waals surface area contributed by atoms with Crippen molar-refractivity contribution in [2.45, 2.75) is 19.4 Å². The molecule has 12 heavy (non-hydrogen) atoms. The van der Waals surface area contributed by atoms with Crippen LogP contribution in [0, 0.1) is 0 Å². The van der Waals surface area contributed by atoms with Crippen LogP contribution in [-0.4, -0.2) is 44.5 Å². The molecule has 0 saturated carbocycles. The molecule has 0 spiro atoms. The van der Waals surface area contributed by atoms with Crippen molar-refractivity contribution in [2.75, 3.05) is 6.73 Å². The van der Waals surface area contributed by atoms with E-state index in [2.05, 4.69) is 0 Å². The fourth-order valence-electron chi connectivity index (χ4n) is 1.05. The molecule has 6 heteroatoms. The molecule has 1 fully saturated rings. The Morgan fingerprint density at radius 2 is 1.92 bits per heavy atom. The molecule has 3 amide bonds. The maximum atomic E-state index is 11.1. The Morgan fingerprint density at radius 3 is 2.08 bits per heavy atom. The molecule has 0 aromatic rings. The Hall–Kier alpha value is -1.14. The second-order valence-corrected chi connectivity index (χ2v) is 3.03. The van der Waals surface area contributed by atoms with Gasteiger partial charge in [0, 0.05) is 0 Å². The Bertz CT molecular complexity index is 238. The van der Waals surface area contributed by atoms with Crippen molar-refractivity contribution in [2.24, 2.45) is 0 Å². The number of imide groups is 1. The molecular weight excluding hydrogens is 164 g/mol. The lowest BCUT2D eigenvalue weighted by molar-refractivity contribution is -0.152. The molecule has 0 aromatic heterocycles. The van der Waals surface area contributed by atoms with Gasteiger partial charge in [0.1, 0.15) is 12.3 Å². The topological polar surface area (TPSA) is 81.1 Å². The van der Waals surface area contributed by atoms with E-state index in [4.69, 9.17) is 10.3 Å². The van der Waals surface area contributed by atoms with Crippen molar-refractivity contribution < 1.29 is 19.9 Å². The number of rotatable bonds is 1. The summed E-state index contributed by atoms with van der Waals surface area (Å²) in [6.45, 7) is 2.30. The molecule has 1 saturated heterocycles. The highest BCUT2D eigenvalue weighted by molar-refractivity contribution is 6.05. The smallest absolute Gasteiger partial charge is 0.353 e. The first kappa shape index (κ1) is 8.95. The monoisotopic (exact) mass is 174 g/mol. The van der Waals surface area contributed by atoms with Gasteiger partial charge in [-0.15, -0.1) is 5.06 Å². The third-order valence-electron chi connectivity index (χ3n) is 1.94. The first-order chi connectivity index (χ1) is 5.42. The summed E-state index contributed by atoms with van der Waals surface area (Å²) in [7, 11) is 0. The Balaban J connectivity index is 3.04. The molecule has 2 N–H and O–H groups in total. The molecule has 68 valence electrons. The van der Waals surface area contributed by atoms with E-state index in [-0.39, 0.29) is 5.06 Å². The number of amides is 3. The van der Waals surface area contributed by atoms with Crippen molar-refractivity contribution in [3.8, 4) is 0 Å². The second kappa shape index (κ2) is 2.43. The lowest BCUT2D eigenvalue weighted by atomic mass is 10.1. The quantitative estimate of drug-likeness (QED) is 0.409. The van der Waals surface area contributed by atoms with Crippen LogP contribution in [0.3, 0.4) is 0 Å². The van der Waals surface area contributed by atoms with Crippen LogP contribution in [0.4, 0.5) is 4.79 Å². The van der Waals surface area contributed by atoms with Gasteiger partial charge in [0.15, 0.2) is 0 Å². The zero-order chi connectivity index (χ0) is 9.52. The number of carbonyl (C=O) groups is 2. The lowest BCUT2D eigenvalue weighted by Crippen LogP contribution is -2.44. The molecule has 0 atom stereocenters. The molecule has 0 unspecified atom stereocenters. The normalized spacial score (nSPS) is 22.3. The number of urea groups is 1. The summed E-state index contributed by atoms with van der Waals surface area (Å²) >= 11 is 0. The Kier molecular flexibility index (Phi) is 1.81. The van der Waals surface area contributed by atoms with E-state index in [0.29, 0.717) is 0 Å². The van der Waals surface area contributed by atoms with Gasteiger partial charge in [0.2, 0.25) is 0 Å². The summed E-state index contributed by atoms with van der Waals surface area (Å²) in [6, 6.07) is -0.896. The molecule has 1 aliphatic heterocycles. The SMILES string of the molecule is CC1(C)C(=O)N(O)C(=O)N1CO. The van der Waals surface area contributed by atoms with Gasteiger partial charge in [-0.3, -0.25) is 14.9 Å². The Labute approximate surface area is 68.9 Å². The summed E-state index contributed by atoms with van der Waals surface area (Å²) in [5.41, 5.74) is -1.17. The van der Waals surface area contributed by atoms with Crippen LogP contribution in [-0.2, 0) is 4.79 Å². The van der Waals surface area contributed by atoms with Crippen LogP contribution in [0.25, 0.3) is 0 Å². The van der Waals surface area contributed by atoms with Crippen LogP contribution in [0.1, 0.15) is 13.8 Å². The van der Waals surface area contributed by atoms with E-state index in [1.165, 1.54) is 13.8 Å². The number of hydrogen-bond donors (Lipinski definition) is 2. The van der Waals surface area contributed by atoms with Crippen molar-refractivity contribution in [3.63, 3.8) is 0 Å².